The molecule has 0 radical (unpaired) electrons. The van der Waals surface area contributed by atoms with Gasteiger partial charge in [0.05, 0.1) is 12.1 Å². The Bertz CT molecular complexity index is 1240. The first-order chi connectivity index (χ1) is 18.0. The fourth-order valence-electron chi connectivity index (χ4n) is 5.28. The number of aryl methyl sites for hydroxylation is 2. The Morgan fingerprint density at radius 2 is 1.97 bits per heavy atom. The van der Waals surface area contributed by atoms with E-state index in [1.165, 1.54) is 10.4 Å². The summed E-state index contributed by atoms with van der Waals surface area (Å²) in [6.45, 7) is 6.23. The van der Waals surface area contributed by atoms with Crippen LogP contribution in [-0.2, 0) is 16.0 Å². The molecule has 3 heterocycles. The highest BCUT2D eigenvalue weighted by Crippen LogP contribution is 2.34. The molecule has 0 saturated carbocycles. The number of ether oxygens (including phenoxy) is 2. The van der Waals surface area contributed by atoms with Gasteiger partial charge in [-0.25, -0.2) is 0 Å². The van der Waals surface area contributed by atoms with Crippen molar-refractivity contribution in [1.29, 1.82) is 0 Å². The molecule has 1 saturated heterocycles. The van der Waals surface area contributed by atoms with Crippen LogP contribution in [-0.4, -0.2) is 60.6 Å². The number of fused-ring (bicyclic) bond motifs is 1. The Hall–Kier alpha value is -3.16. The summed E-state index contributed by atoms with van der Waals surface area (Å²) >= 11 is 1.73. The summed E-state index contributed by atoms with van der Waals surface area (Å²) in [6, 6.07) is 17.2. The van der Waals surface area contributed by atoms with Crippen LogP contribution in [0.15, 0.2) is 60.0 Å². The van der Waals surface area contributed by atoms with E-state index in [-0.39, 0.29) is 30.5 Å². The van der Waals surface area contributed by atoms with Gasteiger partial charge in [0.25, 0.3) is 5.91 Å². The minimum atomic E-state index is -0.195. The summed E-state index contributed by atoms with van der Waals surface area (Å²) in [4.78, 5) is 32.1. The Kier molecular flexibility index (Phi) is 7.91. The minimum absolute atomic E-state index is 0.0209. The monoisotopic (exact) mass is 518 g/mol. The van der Waals surface area contributed by atoms with E-state index in [1.54, 1.807) is 28.4 Å². The van der Waals surface area contributed by atoms with Crippen LogP contribution in [0.5, 0.6) is 5.75 Å². The van der Waals surface area contributed by atoms with Crippen molar-refractivity contribution >= 4 is 23.2 Å². The first-order valence-electron chi connectivity index (χ1n) is 13.0. The fraction of sp³-hybridized carbons (Fsp3) is 0.400. The van der Waals surface area contributed by atoms with Crippen molar-refractivity contribution in [3.05, 3.63) is 87.1 Å². The summed E-state index contributed by atoms with van der Waals surface area (Å²) in [6.07, 6.45) is 2.67. The largest absolute Gasteiger partial charge is 0.491 e. The van der Waals surface area contributed by atoms with Gasteiger partial charge in [-0.3, -0.25) is 9.59 Å². The zero-order valence-corrected chi connectivity index (χ0v) is 22.3. The summed E-state index contributed by atoms with van der Waals surface area (Å²) in [7, 11) is 0. The topological polar surface area (TPSA) is 59.1 Å². The highest BCUT2D eigenvalue weighted by Gasteiger charge is 2.34. The van der Waals surface area contributed by atoms with Gasteiger partial charge < -0.3 is 19.3 Å². The zero-order chi connectivity index (χ0) is 25.8. The Morgan fingerprint density at radius 1 is 1.14 bits per heavy atom. The fourth-order valence-corrected chi connectivity index (χ4v) is 6.20. The van der Waals surface area contributed by atoms with E-state index in [1.807, 2.05) is 42.2 Å². The van der Waals surface area contributed by atoms with Gasteiger partial charge in [0.1, 0.15) is 18.9 Å². The van der Waals surface area contributed by atoms with Crippen LogP contribution in [0.2, 0.25) is 0 Å². The van der Waals surface area contributed by atoms with Crippen molar-refractivity contribution in [2.75, 3.05) is 32.8 Å². The minimum Gasteiger partial charge on any atom is -0.491 e. The number of carbonyl (C=O) groups is 2. The number of nitrogens with zero attached hydrogens (tertiary/aromatic N) is 2. The molecule has 0 unspecified atom stereocenters. The van der Waals surface area contributed by atoms with Gasteiger partial charge in [0, 0.05) is 30.1 Å². The second-order valence-electron chi connectivity index (χ2n) is 9.92. The molecule has 3 aromatic rings. The average Bonchev–Trinajstić information content (AvgIpc) is 3.60. The van der Waals surface area contributed by atoms with Gasteiger partial charge in [-0.2, -0.15) is 0 Å². The van der Waals surface area contributed by atoms with Crippen LogP contribution in [0.3, 0.4) is 0 Å². The van der Waals surface area contributed by atoms with Crippen molar-refractivity contribution in [1.82, 2.24) is 9.80 Å². The lowest BCUT2D eigenvalue weighted by Crippen LogP contribution is -2.49. The SMILES string of the molecule is Cc1ccc(OC[C@H]2c3ccsc3CCN2C(=O)CN(C[C@@H]2CCCO2)C(=O)c2ccccc2)c(C)c1. The number of rotatable bonds is 8. The first kappa shape index (κ1) is 25.5. The number of amides is 2. The first-order valence-corrected chi connectivity index (χ1v) is 13.9. The molecule has 2 amide bonds. The molecule has 0 bridgehead atoms. The van der Waals surface area contributed by atoms with Crippen molar-refractivity contribution < 1.29 is 19.1 Å². The Morgan fingerprint density at radius 3 is 2.73 bits per heavy atom. The molecule has 0 aliphatic carbocycles. The zero-order valence-electron chi connectivity index (χ0n) is 21.5. The predicted octanol–water partition coefficient (Wildman–Crippen LogP) is 5.19. The van der Waals surface area contributed by atoms with E-state index in [4.69, 9.17) is 9.47 Å². The van der Waals surface area contributed by atoms with Gasteiger partial charge in [0.2, 0.25) is 5.91 Å². The summed E-state index contributed by atoms with van der Waals surface area (Å²) in [5.74, 6) is 0.633. The molecule has 194 valence electrons. The van der Waals surface area contributed by atoms with E-state index < -0.39 is 0 Å². The van der Waals surface area contributed by atoms with Crippen molar-refractivity contribution in [2.45, 2.75) is 45.3 Å². The lowest BCUT2D eigenvalue weighted by Gasteiger charge is -2.37. The van der Waals surface area contributed by atoms with E-state index in [0.29, 0.717) is 31.9 Å². The lowest BCUT2D eigenvalue weighted by molar-refractivity contribution is -0.135. The van der Waals surface area contributed by atoms with E-state index in [2.05, 4.69) is 24.4 Å². The summed E-state index contributed by atoms with van der Waals surface area (Å²) < 4.78 is 12.1. The number of hydrogen-bond acceptors (Lipinski definition) is 5. The summed E-state index contributed by atoms with van der Waals surface area (Å²) in [5.41, 5.74) is 4.00. The molecule has 1 fully saturated rings. The molecule has 7 heteroatoms. The van der Waals surface area contributed by atoms with Crippen LogP contribution in [0, 0.1) is 13.8 Å². The quantitative estimate of drug-likeness (QED) is 0.412. The van der Waals surface area contributed by atoms with Gasteiger partial charge in [-0.1, -0.05) is 35.9 Å². The molecule has 5 rings (SSSR count). The maximum Gasteiger partial charge on any atom is 0.254 e. The molecule has 6 nitrogen and oxygen atoms in total. The van der Waals surface area contributed by atoms with Crippen molar-refractivity contribution in [2.24, 2.45) is 0 Å². The average molecular weight is 519 g/mol. The molecule has 2 aliphatic rings. The molecule has 0 N–H and O–H groups in total. The maximum atomic E-state index is 13.8. The molecule has 0 spiro atoms. The molecule has 2 atom stereocenters. The third-order valence-corrected chi connectivity index (χ3v) is 8.22. The second kappa shape index (κ2) is 11.5. The third-order valence-electron chi connectivity index (χ3n) is 7.22. The molecule has 1 aromatic heterocycles. The van der Waals surface area contributed by atoms with Crippen LogP contribution in [0.1, 0.15) is 50.8 Å². The third kappa shape index (κ3) is 5.89. The van der Waals surface area contributed by atoms with Gasteiger partial charge in [-0.05, 0) is 73.9 Å². The predicted molar refractivity (Wildman–Crippen MR) is 145 cm³/mol. The molecular weight excluding hydrogens is 484 g/mol. The van der Waals surface area contributed by atoms with Crippen LogP contribution < -0.4 is 4.74 Å². The normalized spacial score (nSPS) is 18.9. The Labute approximate surface area is 222 Å². The Balaban J connectivity index is 1.35. The van der Waals surface area contributed by atoms with Crippen molar-refractivity contribution in [3.63, 3.8) is 0 Å². The van der Waals surface area contributed by atoms with Gasteiger partial charge >= 0.3 is 0 Å². The standard InChI is InChI=1S/C30H34N2O4S/c1-21-10-11-27(22(2)17-21)36-20-26-25-13-16-37-28(25)12-14-32(26)29(33)19-31(18-24-9-6-15-35-24)30(34)23-7-4-3-5-8-23/h3-5,7-8,10-11,13,16-17,24,26H,6,9,12,14-15,18-20H2,1-2H3/t24-,26-/m0/s1. The summed E-state index contributed by atoms with van der Waals surface area (Å²) in [5, 5.41) is 2.09. The number of thiophene rings is 1. The molecule has 37 heavy (non-hydrogen) atoms. The van der Waals surface area contributed by atoms with Gasteiger partial charge in [-0.15, -0.1) is 11.3 Å². The lowest BCUT2D eigenvalue weighted by atomic mass is 10.00. The number of benzene rings is 2. The molecular formula is C30H34N2O4S. The van der Waals surface area contributed by atoms with Gasteiger partial charge in [0.15, 0.2) is 0 Å². The van der Waals surface area contributed by atoms with E-state index >= 15 is 0 Å². The van der Waals surface area contributed by atoms with E-state index in [9.17, 15) is 9.59 Å². The van der Waals surface area contributed by atoms with Crippen molar-refractivity contribution in [3.8, 4) is 5.75 Å². The molecule has 2 aromatic carbocycles. The highest BCUT2D eigenvalue weighted by molar-refractivity contribution is 7.10. The number of carbonyl (C=O) groups excluding carboxylic acids is 2. The smallest absolute Gasteiger partial charge is 0.254 e. The second-order valence-corrected chi connectivity index (χ2v) is 10.9. The van der Waals surface area contributed by atoms with E-state index in [0.717, 1.165) is 36.1 Å². The van der Waals surface area contributed by atoms with Crippen LogP contribution >= 0.6 is 11.3 Å². The highest BCUT2D eigenvalue weighted by atomic mass is 32.1. The molecule has 2 aliphatic heterocycles. The van der Waals surface area contributed by atoms with Crippen LogP contribution in [0.4, 0.5) is 0 Å². The van der Waals surface area contributed by atoms with Crippen LogP contribution in [0.25, 0.3) is 0 Å². The maximum absolute atomic E-state index is 13.8. The number of hydrogen-bond donors (Lipinski definition) is 0.